The third kappa shape index (κ3) is 2.83. The minimum absolute atomic E-state index is 0.115. The average Bonchev–Trinajstić information content (AvgIpc) is 3.05. The van der Waals surface area contributed by atoms with Crippen LogP contribution < -0.4 is 4.90 Å². The molecule has 0 unspecified atom stereocenters. The summed E-state index contributed by atoms with van der Waals surface area (Å²) in [4.78, 5) is 28.8. The van der Waals surface area contributed by atoms with E-state index in [0.717, 1.165) is 10.4 Å². The van der Waals surface area contributed by atoms with Gasteiger partial charge in [0.2, 0.25) is 0 Å². The number of amides is 2. The number of rotatable bonds is 2. The largest absolute Gasteiger partial charge is 0.287 e. The SMILES string of the molecule is Cc1ccc(N2C(=O)/C(=C/c3cccs3)C(=O)N(C)C2=S)cc1. The van der Waals surface area contributed by atoms with E-state index in [1.54, 1.807) is 13.1 Å². The molecule has 0 radical (unpaired) electrons. The maximum atomic E-state index is 12.8. The predicted octanol–water partition coefficient (Wildman–Crippen LogP) is 3.23. The molecule has 2 heterocycles. The molecule has 0 bridgehead atoms. The van der Waals surface area contributed by atoms with Crippen LogP contribution in [0.5, 0.6) is 0 Å². The first-order valence-electron chi connectivity index (χ1n) is 6.97. The molecule has 1 aliphatic rings. The number of carbonyl (C=O) groups is 2. The molecule has 116 valence electrons. The molecule has 0 atom stereocenters. The summed E-state index contributed by atoms with van der Waals surface area (Å²) in [7, 11) is 1.58. The maximum absolute atomic E-state index is 12.8. The lowest BCUT2D eigenvalue weighted by Crippen LogP contribution is -2.54. The van der Waals surface area contributed by atoms with Gasteiger partial charge in [-0.2, -0.15) is 0 Å². The van der Waals surface area contributed by atoms with E-state index in [-0.39, 0.29) is 16.6 Å². The molecule has 0 saturated carbocycles. The minimum Gasteiger partial charge on any atom is -0.287 e. The van der Waals surface area contributed by atoms with Gasteiger partial charge in [0, 0.05) is 11.9 Å². The Morgan fingerprint density at radius 1 is 1.09 bits per heavy atom. The third-order valence-electron chi connectivity index (χ3n) is 3.57. The van der Waals surface area contributed by atoms with Crippen molar-refractivity contribution in [3.63, 3.8) is 0 Å². The zero-order valence-electron chi connectivity index (χ0n) is 12.6. The van der Waals surface area contributed by atoms with E-state index < -0.39 is 5.91 Å². The van der Waals surface area contributed by atoms with Gasteiger partial charge in [0.1, 0.15) is 5.57 Å². The number of thiocarbonyl (C=S) groups is 1. The molecule has 1 aromatic heterocycles. The average molecular weight is 342 g/mol. The Hall–Kier alpha value is -2.31. The van der Waals surface area contributed by atoms with E-state index in [4.69, 9.17) is 12.2 Å². The van der Waals surface area contributed by atoms with Crippen LogP contribution in [-0.4, -0.2) is 28.9 Å². The zero-order chi connectivity index (χ0) is 16.6. The number of benzene rings is 1. The highest BCUT2D eigenvalue weighted by atomic mass is 32.1. The van der Waals surface area contributed by atoms with Crippen LogP contribution in [0.2, 0.25) is 0 Å². The zero-order valence-corrected chi connectivity index (χ0v) is 14.3. The first kappa shape index (κ1) is 15.6. The normalized spacial score (nSPS) is 17.3. The summed E-state index contributed by atoms with van der Waals surface area (Å²) in [6.07, 6.45) is 1.62. The highest BCUT2D eigenvalue weighted by Gasteiger charge is 2.38. The lowest BCUT2D eigenvalue weighted by Gasteiger charge is -2.34. The molecule has 0 aliphatic carbocycles. The van der Waals surface area contributed by atoms with Crippen molar-refractivity contribution in [3.8, 4) is 0 Å². The van der Waals surface area contributed by atoms with E-state index in [0.29, 0.717) is 5.69 Å². The molecule has 2 amide bonds. The number of likely N-dealkylation sites (N-methyl/N-ethyl adjacent to an activating group) is 1. The lowest BCUT2D eigenvalue weighted by molar-refractivity contribution is -0.127. The van der Waals surface area contributed by atoms with Gasteiger partial charge in [0.05, 0.1) is 5.69 Å². The number of hydrogen-bond donors (Lipinski definition) is 0. The Bertz CT molecular complexity index is 808. The highest BCUT2D eigenvalue weighted by Crippen LogP contribution is 2.26. The molecule has 23 heavy (non-hydrogen) atoms. The van der Waals surface area contributed by atoms with Crippen LogP contribution in [0.15, 0.2) is 47.4 Å². The van der Waals surface area contributed by atoms with Gasteiger partial charge < -0.3 is 0 Å². The molecule has 2 aromatic rings. The van der Waals surface area contributed by atoms with Gasteiger partial charge in [0.15, 0.2) is 5.11 Å². The summed E-state index contributed by atoms with van der Waals surface area (Å²) in [5.74, 6) is -0.771. The number of aryl methyl sites for hydroxylation is 1. The summed E-state index contributed by atoms with van der Waals surface area (Å²) in [5, 5.41) is 2.09. The van der Waals surface area contributed by atoms with E-state index in [2.05, 4.69) is 0 Å². The number of anilines is 1. The van der Waals surface area contributed by atoms with Crippen LogP contribution in [0.4, 0.5) is 5.69 Å². The van der Waals surface area contributed by atoms with Gasteiger partial charge in [-0.1, -0.05) is 23.8 Å². The van der Waals surface area contributed by atoms with Gasteiger partial charge in [-0.05, 0) is 48.8 Å². The fourth-order valence-electron chi connectivity index (χ4n) is 2.28. The van der Waals surface area contributed by atoms with Crippen LogP contribution in [0.1, 0.15) is 10.4 Å². The van der Waals surface area contributed by atoms with E-state index in [1.807, 2.05) is 48.7 Å². The number of hydrogen-bond acceptors (Lipinski definition) is 4. The predicted molar refractivity (Wildman–Crippen MR) is 96.3 cm³/mol. The Balaban J connectivity index is 2.06. The van der Waals surface area contributed by atoms with Gasteiger partial charge in [0.25, 0.3) is 11.8 Å². The summed E-state index contributed by atoms with van der Waals surface area (Å²) < 4.78 is 0. The molecule has 3 rings (SSSR count). The number of thiophene rings is 1. The van der Waals surface area contributed by atoms with E-state index in [1.165, 1.54) is 21.1 Å². The van der Waals surface area contributed by atoms with Gasteiger partial charge in [-0.15, -0.1) is 11.3 Å². The highest BCUT2D eigenvalue weighted by molar-refractivity contribution is 7.80. The molecular weight excluding hydrogens is 328 g/mol. The van der Waals surface area contributed by atoms with Crippen LogP contribution >= 0.6 is 23.6 Å². The quantitative estimate of drug-likeness (QED) is 0.478. The topological polar surface area (TPSA) is 40.6 Å². The second kappa shape index (κ2) is 6.06. The molecule has 6 heteroatoms. The summed E-state index contributed by atoms with van der Waals surface area (Å²) in [6, 6.07) is 11.2. The monoisotopic (exact) mass is 342 g/mol. The number of nitrogens with zero attached hydrogens (tertiary/aromatic N) is 2. The van der Waals surface area contributed by atoms with Gasteiger partial charge in [-0.25, -0.2) is 0 Å². The summed E-state index contributed by atoms with van der Waals surface area (Å²) >= 11 is 6.78. The third-order valence-corrected chi connectivity index (χ3v) is 4.84. The molecule has 1 fully saturated rings. The Labute approximate surface area is 143 Å². The second-order valence-electron chi connectivity index (χ2n) is 5.20. The van der Waals surface area contributed by atoms with Crippen LogP contribution in [0, 0.1) is 6.92 Å². The van der Waals surface area contributed by atoms with Crippen molar-refractivity contribution in [2.75, 3.05) is 11.9 Å². The van der Waals surface area contributed by atoms with Crippen molar-refractivity contribution in [1.29, 1.82) is 0 Å². The fraction of sp³-hybridized carbons (Fsp3) is 0.118. The molecule has 0 N–H and O–H groups in total. The maximum Gasteiger partial charge on any atom is 0.270 e. The van der Waals surface area contributed by atoms with Gasteiger partial charge >= 0.3 is 0 Å². The molecule has 0 spiro atoms. The lowest BCUT2D eigenvalue weighted by atomic mass is 10.1. The second-order valence-corrected chi connectivity index (χ2v) is 6.54. The van der Waals surface area contributed by atoms with Crippen molar-refractivity contribution in [1.82, 2.24) is 4.90 Å². The Morgan fingerprint density at radius 2 is 1.78 bits per heavy atom. The van der Waals surface area contributed by atoms with Crippen molar-refractivity contribution >= 4 is 52.2 Å². The fourth-order valence-corrected chi connectivity index (χ4v) is 3.21. The van der Waals surface area contributed by atoms with Crippen LogP contribution in [-0.2, 0) is 9.59 Å². The minimum atomic E-state index is -0.393. The Kier molecular flexibility index (Phi) is 4.11. The molecule has 1 aliphatic heterocycles. The van der Waals surface area contributed by atoms with Crippen LogP contribution in [0.25, 0.3) is 6.08 Å². The van der Waals surface area contributed by atoms with Gasteiger partial charge in [-0.3, -0.25) is 19.4 Å². The van der Waals surface area contributed by atoms with E-state index >= 15 is 0 Å². The smallest absolute Gasteiger partial charge is 0.270 e. The molecule has 1 saturated heterocycles. The molecular formula is C17H14N2O2S2. The molecule has 1 aromatic carbocycles. The first-order valence-corrected chi connectivity index (χ1v) is 8.26. The summed E-state index contributed by atoms with van der Waals surface area (Å²) in [6.45, 7) is 1.97. The van der Waals surface area contributed by atoms with Crippen molar-refractivity contribution < 1.29 is 9.59 Å². The van der Waals surface area contributed by atoms with Crippen molar-refractivity contribution in [2.24, 2.45) is 0 Å². The standard InChI is InChI=1S/C17H14N2O2S2/c1-11-5-7-12(8-6-11)19-16(21)14(10-13-4-3-9-23-13)15(20)18(2)17(19)22/h3-10H,1-2H3/b14-10+. The number of carbonyl (C=O) groups excluding carboxylic acids is 2. The van der Waals surface area contributed by atoms with Crippen molar-refractivity contribution in [2.45, 2.75) is 6.92 Å². The van der Waals surface area contributed by atoms with E-state index in [9.17, 15) is 9.59 Å². The van der Waals surface area contributed by atoms with Crippen molar-refractivity contribution in [3.05, 3.63) is 57.8 Å². The first-order chi connectivity index (χ1) is 11.0. The Morgan fingerprint density at radius 3 is 2.39 bits per heavy atom. The molecule has 4 nitrogen and oxygen atoms in total. The van der Waals surface area contributed by atoms with Crippen LogP contribution in [0.3, 0.4) is 0 Å². The summed E-state index contributed by atoms with van der Waals surface area (Å²) in [5.41, 5.74) is 1.86.